The van der Waals surface area contributed by atoms with Gasteiger partial charge in [-0.25, -0.2) is 9.59 Å². The van der Waals surface area contributed by atoms with Crippen molar-refractivity contribution in [3.8, 4) is 11.5 Å². The molecule has 0 bridgehead atoms. The summed E-state index contributed by atoms with van der Waals surface area (Å²) >= 11 is 0. The molecular weight excluding hydrogens is 1160 g/mol. The topological polar surface area (TPSA) is 487 Å². The Labute approximate surface area is 488 Å². The summed E-state index contributed by atoms with van der Waals surface area (Å²) in [6, 6.07) is 11.0. The van der Waals surface area contributed by atoms with Crippen molar-refractivity contribution in [3.63, 3.8) is 0 Å². The molecular formula is C53H70O33. The number of esters is 5. The van der Waals surface area contributed by atoms with Crippen LogP contribution < -0.4 is 4.74 Å². The minimum absolute atomic E-state index is 0.0278. The molecule has 33 nitrogen and oxygen atoms in total. The maximum Gasteiger partial charge on any atom is 0.338 e. The first kappa shape index (κ1) is 67.8. The third-order valence-electron chi connectivity index (χ3n) is 14.3. The molecule has 7 rings (SSSR count). The number of phenolic OH excluding ortho intramolecular Hbond substituents is 1. The van der Waals surface area contributed by atoms with E-state index in [0.717, 1.165) is 26.8 Å². The quantitative estimate of drug-likeness (QED) is 0.0280. The lowest BCUT2D eigenvalue weighted by atomic mass is 9.95. The van der Waals surface area contributed by atoms with Crippen LogP contribution in [-0.4, -0.2) is 290 Å². The fraction of sp³-hybridized carbons (Fsp3) is 0.642. The summed E-state index contributed by atoms with van der Waals surface area (Å²) in [5.41, 5.74) is 0.109. The third kappa shape index (κ3) is 15.6. The molecule has 0 radical (unpaired) electrons. The van der Waals surface area contributed by atoms with E-state index in [0.29, 0.717) is 0 Å². The number of benzene rings is 2. The van der Waals surface area contributed by atoms with Crippen LogP contribution in [0.15, 0.2) is 54.6 Å². The summed E-state index contributed by atoms with van der Waals surface area (Å²) in [5.74, 6) is -8.76. The van der Waals surface area contributed by atoms with Crippen molar-refractivity contribution in [1.82, 2.24) is 0 Å². The van der Waals surface area contributed by atoms with Gasteiger partial charge in [0.15, 0.2) is 55.0 Å². The fourth-order valence-corrected chi connectivity index (χ4v) is 9.90. The molecule has 86 heavy (non-hydrogen) atoms. The minimum atomic E-state index is -2.91. The number of carbonyl (C=O) groups is 5. The Morgan fingerprint density at radius 3 is 1.57 bits per heavy atom. The molecule has 0 aromatic heterocycles. The van der Waals surface area contributed by atoms with Crippen LogP contribution in [0.1, 0.15) is 36.7 Å². The van der Waals surface area contributed by atoms with Crippen LogP contribution in [0.5, 0.6) is 11.5 Å². The average molecular weight is 1240 g/mol. The molecule has 13 N–H and O–H groups in total. The molecule has 0 saturated carbocycles. The lowest BCUT2D eigenvalue weighted by Gasteiger charge is -2.51. The highest BCUT2D eigenvalue weighted by Gasteiger charge is 2.64. The van der Waals surface area contributed by atoms with E-state index in [9.17, 15) is 90.4 Å². The zero-order chi connectivity index (χ0) is 62.9. The maximum absolute atomic E-state index is 14.3. The van der Waals surface area contributed by atoms with Crippen LogP contribution >= 0.6 is 0 Å². The van der Waals surface area contributed by atoms with Gasteiger partial charge in [0, 0.05) is 26.8 Å². The summed E-state index contributed by atoms with van der Waals surface area (Å²) in [5, 5.41) is 142. The molecule has 5 aliphatic rings. The lowest BCUT2D eigenvalue weighted by Crippen LogP contribution is -2.70. The highest BCUT2D eigenvalue weighted by atomic mass is 16.8. The Hall–Kier alpha value is -5.71. The van der Waals surface area contributed by atoms with E-state index in [2.05, 4.69) is 0 Å². The van der Waals surface area contributed by atoms with Crippen LogP contribution in [-0.2, 0) is 85.5 Å². The van der Waals surface area contributed by atoms with Crippen LogP contribution in [0.3, 0.4) is 0 Å². The van der Waals surface area contributed by atoms with Crippen LogP contribution in [0, 0.1) is 0 Å². The van der Waals surface area contributed by atoms with Gasteiger partial charge < -0.3 is 137 Å². The number of aromatic hydroxyl groups is 1. The number of hydrogen-bond donors (Lipinski definition) is 13. The van der Waals surface area contributed by atoms with E-state index in [1.807, 2.05) is 0 Å². The normalized spacial score (nSPS) is 38.2. The number of phenols is 1. The number of aliphatic hydroxyl groups excluding tert-OH is 12. The largest absolute Gasteiger partial charge is 0.504 e. The van der Waals surface area contributed by atoms with Gasteiger partial charge in [-0.3, -0.25) is 14.4 Å². The fourth-order valence-electron chi connectivity index (χ4n) is 9.90. The molecule has 480 valence electrons. The Balaban J connectivity index is 1.42. The Morgan fingerprint density at radius 1 is 0.535 bits per heavy atom. The second-order valence-electron chi connectivity index (χ2n) is 20.2. The Morgan fingerprint density at radius 2 is 1.05 bits per heavy atom. The van der Waals surface area contributed by atoms with Crippen molar-refractivity contribution >= 4 is 35.9 Å². The van der Waals surface area contributed by atoms with Crippen LogP contribution in [0.4, 0.5) is 0 Å². The number of aliphatic hydroxyl groups is 12. The smallest absolute Gasteiger partial charge is 0.338 e. The van der Waals surface area contributed by atoms with Gasteiger partial charge in [0.05, 0.1) is 32.5 Å². The highest BCUT2D eigenvalue weighted by Crippen LogP contribution is 2.42. The SMILES string of the molecule is COc1cc(/C=C/C(=O)O[C@H]2[C@H](O[C@@H]3O[C@H](COC(C)=O)[C@@H](OC(C)=O)[C@H](O[C@@H]4O[C@H](CO)[C@@H](O)[C@H](O)[C@H]4O)[C@H]3O)[C@@H](O[C@@H]3O[C@H](CO)[C@@H](O)[C@H](O)[C@H]3O)[C@@H](O[C@]3(CO)O[C@H](CO)[C@@H](O)[C@@H]3OC(=O)c3ccccc3)O[C@@H]2COC(C)=O)ccc1O. The van der Waals surface area contributed by atoms with Gasteiger partial charge in [-0.05, 0) is 35.9 Å². The van der Waals surface area contributed by atoms with E-state index < -0.39 is 216 Å². The first-order chi connectivity index (χ1) is 40.9. The Kier molecular flexibility index (Phi) is 23.6. The summed E-state index contributed by atoms with van der Waals surface area (Å²) in [6.45, 7) is -3.57. The summed E-state index contributed by atoms with van der Waals surface area (Å²) in [4.78, 5) is 65.9. The first-order valence-electron chi connectivity index (χ1n) is 26.7. The number of rotatable bonds is 23. The second-order valence-corrected chi connectivity index (χ2v) is 20.2. The molecule has 2 aromatic carbocycles. The van der Waals surface area contributed by atoms with E-state index in [-0.39, 0.29) is 22.6 Å². The molecule has 0 amide bonds. The van der Waals surface area contributed by atoms with Crippen molar-refractivity contribution in [3.05, 3.63) is 65.7 Å². The molecule has 5 aliphatic heterocycles. The van der Waals surface area contributed by atoms with Crippen molar-refractivity contribution in [2.45, 2.75) is 168 Å². The zero-order valence-electron chi connectivity index (χ0n) is 46.3. The third-order valence-corrected chi connectivity index (χ3v) is 14.3. The molecule has 5 heterocycles. The molecule has 33 heteroatoms. The number of methoxy groups -OCH3 is 1. The van der Waals surface area contributed by atoms with E-state index >= 15 is 0 Å². The molecule has 0 aliphatic carbocycles. The standard InChI is InChI=1S/C53H70O33/c1-21(58)73-18-31-42(75-23(3)60)44(81-49-39(68)37(66)34(63)28(15-54)76-49)41(70)51(78-31)82-45-43(80-33(62)13-11-24-10-12-26(61)27(14-24)72-4)32(19-74-22(2)59)79-52(46(45)83-50-40(69)38(67)35(64)29(16-55)77-50)86-53(20-57)47(36(65)30(17-56)85-53)84-48(71)25-8-6-5-7-9-25/h5-14,28-32,34-47,49-52,54-57,61,63-70H,15-20H2,1-4H3/b13-11+/t28-,29-,30-,31-,32-,34-,35-,36-,37+,38+,39-,40-,41-,42-,43-,44-,45+,46-,47+,49+,50+,51+,52-,53+/m1/s1. The molecule has 2 aromatic rings. The van der Waals surface area contributed by atoms with Crippen molar-refractivity contribution < 1.29 is 161 Å². The van der Waals surface area contributed by atoms with Crippen LogP contribution in [0.2, 0.25) is 0 Å². The van der Waals surface area contributed by atoms with Gasteiger partial charge in [-0.2, -0.15) is 0 Å². The predicted octanol–water partition coefficient (Wildman–Crippen LogP) is -6.37. The molecule has 0 spiro atoms. The monoisotopic (exact) mass is 1230 g/mol. The van der Waals surface area contributed by atoms with Gasteiger partial charge in [0.1, 0.15) is 117 Å². The summed E-state index contributed by atoms with van der Waals surface area (Å²) in [6.07, 6.45) is -46.8. The highest BCUT2D eigenvalue weighted by molar-refractivity contribution is 5.89. The van der Waals surface area contributed by atoms with Crippen molar-refractivity contribution in [1.29, 1.82) is 0 Å². The van der Waals surface area contributed by atoms with Gasteiger partial charge in [-0.15, -0.1) is 0 Å². The van der Waals surface area contributed by atoms with E-state index in [1.54, 1.807) is 6.07 Å². The van der Waals surface area contributed by atoms with Gasteiger partial charge in [-0.1, -0.05) is 24.3 Å². The molecule has 5 fully saturated rings. The van der Waals surface area contributed by atoms with Crippen molar-refractivity contribution in [2.24, 2.45) is 0 Å². The van der Waals surface area contributed by atoms with Crippen LogP contribution in [0.25, 0.3) is 6.08 Å². The lowest BCUT2D eigenvalue weighted by molar-refractivity contribution is -0.423. The van der Waals surface area contributed by atoms with E-state index in [4.69, 9.17) is 71.1 Å². The van der Waals surface area contributed by atoms with Crippen molar-refractivity contribution in [2.75, 3.05) is 46.8 Å². The molecule has 24 atom stereocenters. The summed E-state index contributed by atoms with van der Waals surface area (Å²) in [7, 11) is 1.25. The van der Waals surface area contributed by atoms with Gasteiger partial charge in [0.2, 0.25) is 5.79 Å². The number of carbonyl (C=O) groups excluding carboxylic acids is 5. The minimum Gasteiger partial charge on any atom is -0.504 e. The average Bonchev–Trinajstić information content (AvgIpc) is 1.43. The number of hydrogen-bond acceptors (Lipinski definition) is 33. The first-order valence-corrected chi connectivity index (χ1v) is 26.7. The molecule has 5 saturated heterocycles. The molecule has 0 unspecified atom stereocenters. The zero-order valence-corrected chi connectivity index (χ0v) is 46.3. The van der Waals surface area contributed by atoms with Gasteiger partial charge in [0.25, 0.3) is 0 Å². The van der Waals surface area contributed by atoms with Gasteiger partial charge >= 0.3 is 29.8 Å². The maximum atomic E-state index is 14.3. The predicted molar refractivity (Wildman–Crippen MR) is 272 cm³/mol. The Bertz CT molecular complexity index is 2610. The second kappa shape index (κ2) is 30.0. The summed E-state index contributed by atoms with van der Waals surface area (Å²) < 4.78 is 88.0. The van der Waals surface area contributed by atoms with E-state index in [1.165, 1.54) is 55.7 Å². The number of ether oxygens (including phenoxy) is 15.